The summed E-state index contributed by atoms with van der Waals surface area (Å²) in [5.41, 5.74) is 3.64. The summed E-state index contributed by atoms with van der Waals surface area (Å²) >= 11 is 6.79. The number of benzene rings is 2. The Kier molecular flexibility index (Phi) is 5.10. The van der Waals surface area contributed by atoms with Gasteiger partial charge in [-0.1, -0.05) is 15.9 Å². The number of methoxy groups -OCH3 is 1. The second-order valence-electron chi connectivity index (χ2n) is 5.05. The zero-order valence-corrected chi connectivity index (χ0v) is 16.1. The van der Waals surface area contributed by atoms with Gasteiger partial charge >= 0.3 is 5.91 Å². The topological polar surface area (TPSA) is 84.1 Å². The number of carbonyl (C=O) groups is 1. The lowest BCUT2D eigenvalue weighted by Gasteiger charge is -2.03. The summed E-state index contributed by atoms with van der Waals surface area (Å²) in [7, 11) is 1.45. The van der Waals surface area contributed by atoms with Crippen LogP contribution in [0, 0.1) is 0 Å². The third-order valence-electron chi connectivity index (χ3n) is 3.34. The van der Waals surface area contributed by atoms with Gasteiger partial charge in [-0.2, -0.15) is 5.10 Å². The standard InChI is InChI=1S/C17H12Br2N2O4/c1-24-14-4-9(2-3-13(14)22)8-20-21-17(23)15-6-10-5-11(18)7-12(19)16(10)25-15/h2-8,22H,1H3,(H,21,23)/b20-8-. The Morgan fingerprint density at radius 1 is 1.28 bits per heavy atom. The number of fused-ring (bicyclic) bond motifs is 1. The molecule has 3 aromatic rings. The first-order valence-corrected chi connectivity index (χ1v) is 8.65. The van der Waals surface area contributed by atoms with Gasteiger partial charge in [0, 0.05) is 9.86 Å². The molecule has 2 aromatic carbocycles. The minimum atomic E-state index is -0.471. The van der Waals surface area contributed by atoms with Crippen molar-refractivity contribution in [3.63, 3.8) is 0 Å². The second kappa shape index (κ2) is 7.28. The van der Waals surface area contributed by atoms with Crippen molar-refractivity contribution in [2.75, 3.05) is 7.11 Å². The van der Waals surface area contributed by atoms with Crippen molar-refractivity contribution < 1.29 is 19.1 Å². The van der Waals surface area contributed by atoms with Crippen LogP contribution in [0.2, 0.25) is 0 Å². The second-order valence-corrected chi connectivity index (χ2v) is 6.82. The molecule has 0 bridgehead atoms. The summed E-state index contributed by atoms with van der Waals surface area (Å²) < 4.78 is 12.2. The summed E-state index contributed by atoms with van der Waals surface area (Å²) in [6.45, 7) is 0. The van der Waals surface area contributed by atoms with Gasteiger partial charge in [0.15, 0.2) is 17.3 Å². The molecule has 0 aliphatic carbocycles. The Bertz CT molecular complexity index is 982. The highest BCUT2D eigenvalue weighted by molar-refractivity contribution is 9.11. The summed E-state index contributed by atoms with van der Waals surface area (Å²) in [6.07, 6.45) is 1.44. The van der Waals surface area contributed by atoms with Gasteiger partial charge in [-0.3, -0.25) is 4.79 Å². The molecule has 8 heteroatoms. The van der Waals surface area contributed by atoms with E-state index in [1.165, 1.54) is 19.4 Å². The molecule has 0 atom stereocenters. The number of furan rings is 1. The summed E-state index contributed by atoms with van der Waals surface area (Å²) in [5, 5.41) is 14.2. The Labute approximate surface area is 159 Å². The Morgan fingerprint density at radius 3 is 2.84 bits per heavy atom. The zero-order valence-electron chi connectivity index (χ0n) is 12.9. The van der Waals surface area contributed by atoms with Gasteiger partial charge in [-0.05, 0) is 57.9 Å². The Hall–Kier alpha value is -2.32. The van der Waals surface area contributed by atoms with Crippen LogP contribution in [-0.2, 0) is 0 Å². The number of hydrogen-bond donors (Lipinski definition) is 2. The van der Waals surface area contributed by atoms with E-state index in [0.29, 0.717) is 16.9 Å². The molecule has 3 rings (SSSR count). The maximum absolute atomic E-state index is 12.2. The number of rotatable bonds is 4. The number of halogens is 2. The molecule has 0 fully saturated rings. The molecule has 2 N–H and O–H groups in total. The van der Waals surface area contributed by atoms with Crippen LogP contribution in [0.3, 0.4) is 0 Å². The van der Waals surface area contributed by atoms with Crippen LogP contribution in [0.4, 0.5) is 0 Å². The SMILES string of the molecule is COc1cc(/C=N\NC(=O)c2cc3cc(Br)cc(Br)c3o2)ccc1O. The number of phenols is 1. The highest BCUT2D eigenvalue weighted by Crippen LogP contribution is 2.31. The minimum absolute atomic E-state index is 0.0303. The van der Waals surface area contributed by atoms with Gasteiger partial charge in [0.25, 0.3) is 0 Å². The molecule has 0 saturated heterocycles. The van der Waals surface area contributed by atoms with Crippen LogP contribution in [0.15, 0.2) is 54.9 Å². The van der Waals surface area contributed by atoms with Crippen molar-refractivity contribution in [3.8, 4) is 11.5 Å². The number of carbonyl (C=O) groups excluding carboxylic acids is 1. The predicted molar refractivity (Wildman–Crippen MR) is 101 cm³/mol. The Morgan fingerprint density at radius 2 is 2.08 bits per heavy atom. The fourth-order valence-electron chi connectivity index (χ4n) is 2.18. The number of aromatic hydroxyl groups is 1. The summed E-state index contributed by atoms with van der Waals surface area (Å²) in [5.74, 6) is 0.0288. The molecular weight excluding hydrogens is 456 g/mol. The number of hydrogen-bond acceptors (Lipinski definition) is 5. The molecule has 25 heavy (non-hydrogen) atoms. The van der Waals surface area contributed by atoms with Crippen LogP contribution >= 0.6 is 31.9 Å². The third kappa shape index (κ3) is 3.85. The van der Waals surface area contributed by atoms with Crippen molar-refractivity contribution in [1.82, 2.24) is 5.43 Å². The molecular formula is C17H12Br2N2O4. The highest BCUT2D eigenvalue weighted by Gasteiger charge is 2.14. The monoisotopic (exact) mass is 466 g/mol. The number of ether oxygens (including phenoxy) is 1. The molecule has 1 amide bonds. The average Bonchev–Trinajstić information content (AvgIpc) is 3.00. The molecule has 0 saturated carbocycles. The maximum Gasteiger partial charge on any atom is 0.307 e. The van der Waals surface area contributed by atoms with E-state index < -0.39 is 5.91 Å². The molecule has 0 unspecified atom stereocenters. The number of nitrogens with one attached hydrogen (secondary N) is 1. The normalized spacial score (nSPS) is 11.2. The van der Waals surface area contributed by atoms with E-state index in [1.807, 2.05) is 12.1 Å². The fourth-order valence-corrected chi connectivity index (χ4v) is 3.52. The first kappa shape index (κ1) is 17.5. The zero-order chi connectivity index (χ0) is 18.0. The van der Waals surface area contributed by atoms with Crippen molar-refractivity contribution >= 4 is 55.0 Å². The number of phenolic OH excluding ortho intramolecular Hbond substituents is 1. The van der Waals surface area contributed by atoms with Gasteiger partial charge < -0.3 is 14.3 Å². The van der Waals surface area contributed by atoms with E-state index in [1.54, 1.807) is 18.2 Å². The van der Waals surface area contributed by atoms with Crippen molar-refractivity contribution in [3.05, 3.63) is 56.7 Å². The predicted octanol–water partition coefficient (Wildman–Crippen LogP) is 4.44. The van der Waals surface area contributed by atoms with Crippen LogP contribution in [0.25, 0.3) is 11.0 Å². The lowest BCUT2D eigenvalue weighted by atomic mass is 10.2. The lowest BCUT2D eigenvalue weighted by Crippen LogP contribution is -2.16. The van der Waals surface area contributed by atoms with Crippen LogP contribution < -0.4 is 10.2 Å². The van der Waals surface area contributed by atoms with Gasteiger partial charge in [-0.25, -0.2) is 5.43 Å². The van der Waals surface area contributed by atoms with Gasteiger partial charge in [-0.15, -0.1) is 0 Å². The van der Waals surface area contributed by atoms with E-state index in [2.05, 4.69) is 42.4 Å². The van der Waals surface area contributed by atoms with E-state index in [-0.39, 0.29) is 11.5 Å². The van der Waals surface area contributed by atoms with Gasteiger partial charge in [0.2, 0.25) is 0 Å². The van der Waals surface area contributed by atoms with E-state index in [4.69, 9.17) is 9.15 Å². The third-order valence-corrected chi connectivity index (χ3v) is 4.39. The maximum atomic E-state index is 12.2. The van der Waals surface area contributed by atoms with Crippen LogP contribution in [0.1, 0.15) is 16.1 Å². The van der Waals surface area contributed by atoms with E-state index in [0.717, 1.165) is 14.3 Å². The first-order chi connectivity index (χ1) is 12.0. The van der Waals surface area contributed by atoms with Gasteiger partial charge in [0.1, 0.15) is 5.58 Å². The minimum Gasteiger partial charge on any atom is -0.504 e. The fraction of sp³-hybridized carbons (Fsp3) is 0.0588. The quantitative estimate of drug-likeness (QED) is 0.439. The number of nitrogens with zero attached hydrogens (tertiary/aromatic N) is 1. The molecule has 6 nitrogen and oxygen atoms in total. The first-order valence-electron chi connectivity index (χ1n) is 7.07. The number of amides is 1. The van der Waals surface area contributed by atoms with Crippen molar-refractivity contribution in [2.24, 2.45) is 5.10 Å². The van der Waals surface area contributed by atoms with Crippen molar-refractivity contribution in [2.45, 2.75) is 0 Å². The molecule has 128 valence electrons. The molecule has 0 aliphatic heterocycles. The molecule has 0 aliphatic rings. The Balaban J connectivity index is 1.75. The smallest absolute Gasteiger partial charge is 0.307 e. The van der Waals surface area contributed by atoms with Gasteiger partial charge in [0.05, 0.1) is 17.8 Å². The average molecular weight is 468 g/mol. The number of hydrazone groups is 1. The largest absolute Gasteiger partial charge is 0.504 e. The molecule has 1 heterocycles. The van der Waals surface area contributed by atoms with Crippen LogP contribution in [0.5, 0.6) is 11.5 Å². The van der Waals surface area contributed by atoms with Crippen molar-refractivity contribution in [1.29, 1.82) is 0 Å². The lowest BCUT2D eigenvalue weighted by molar-refractivity contribution is 0.0929. The molecule has 0 spiro atoms. The summed E-state index contributed by atoms with van der Waals surface area (Å²) in [6, 6.07) is 10.1. The van der Waals surface area contributed by atoms with Crippen LogP contribution in [-0.4, -0.2) is 24.3 Å². The highest BCUT2D eigenvalue weighted by atomic mass is 79.9. The van der Waals surface area contributed by atoms with E-state index >= 15 is 0 Å². The molecule has 0 radical (unpaired) electrons. The molecule has 1 aromatic heterocycles. The summed E-state index contributed by atoms with van der Waals surface area (Å²) in [4.78, 5) is 12.2. The van der Waals surface area contributed by atoms with E-state index in [9.17, 15) is 9.90 Å².